The first-order valence-corrected chi connectivity index (χ1v) is 20.3. The van der Waals surface area contributed by atoms with E-state index in [0.717, 1.165) is 79.6 Å². The number of carboxylic acids is 1. The number of fused-ring (bicyclic) bond motifs is 2. The monoisotopic (exact) mass is 858 g/mol. The Bertz CT molecular complexity index is 2840. The van der Waals surface area contributed by atoms with Gasteiger partial charge in [-0.15, -0.1) is 10.2 Å². The second-order valence-electron chi connectivity index (χ2n) is 14.8. The van der Waals surface area contributed by atoms with Crippen LogP contribution in [0.25, 0.3) is 22.7 Å². The number of amides is 1. The zero-order valence-electron chi connectivity index (χ0n) is 34.4. The molecule has 0 aliphatic carbocycles. The maximum atomic E-state index is 13.1. The summed E-state index contributed by atoms with van der Waals surface area (Å²) < 4.78 is 32.4. The average Bonchev–Trinajstić information content (AvgIpc) is 4.15. The van der Waals surface area contributed by atoms with Crippen molar-refractivity contribution in [2.75, 3.05) is 36.0 Å². The normalized spacial score (nSPS) is 15.9. The van der Waals surface area contributed by atoms with E-state index in [-0.39, 0.29) is 41.3 Å². The number of aromatic carboxylic acids is 1. The number of aromatic nitrogens is 12. The summed E-state index contributed by atoms with van der Waals surface area (Å²) in [6.45, 7) is 7.44. The second kappa shape index (κ2) is 18.5. The molecule has 19 nitrogen and oxygen atoms in total. The van der Waals surface area contributed by atoms with Crippen LogP contribution >= 0.6 is 0 Å². The van der Waals surface area contributed by atoms with Gasteiger partial charge in [-0.1, -0.05) is 13.8 Å². The summed E-state index contributed by atoms with van der Waals surface area (Å²) in [6, 6.07) is 11.5. The number of carbonyl (C=O) groups is 2. The van der Waals surface area contributed by atoms with Gasteiger partial charge in [0.25, 0.3) is 11.7 Å². The molecule has 8 heterocycles. The first-order valence-electron chi connectivity index (χ1n) is 20.3. The molecule has 2 aliphatic heterocycles. The molecule has 0 spiro atoms. The highest BCUT2D eigenvalue weighted by molar-refractivity contribution is 5.90. The molecular weight excluding hydrogens is 815 g/mol. The van der Waals surface area contributed by atoms with E-state index in [1.54, 1.807) is 18.3 Å². The van der Waals surface area contributed by atoms with Gasteiger partial charge in [0.15, 0.2) is 22.9 Å². The molecule has 1 amide bonds. The van der Waals surface area contributed by atoms with Crippen LogP contribution in [0.3, 0.4) is 0 Å². The number of halogens is 2. The molecule has 0 unspecified atom stereocenters. The van der Waals surface area contributed by atoms with Crippen LogP contribution in [0.4, 0.5) is 20.4 Å². The maximum Gasteiger partial charge on any atom is 0.375 e. The van der Waals surface area contributed by atoms with E-state index in [0.29, 0.717) is 17.9 Å². The highest BCUT2D eigenvalue weighted by Crippen LogP contribution is 2.25. The number of carbonyl (C=O) groups excluding carboxylic acids is 1. The summed E-state index contributed by atoms with van der Waals surface area (Å²) in [5, 5.41) is 19.5. The van der Waals surface area contributed by atoms with Gasteiger partial charge in [-0.05, 0) is 74.2 Å². The minimum Gasteiger partial charge on any atom is -0.475 e. The van der Waals surface area contributed by atoms with Crippen molar-refractivity contribution >= 4 is 34.8 Å². The molecule has 63 heavy (non-hydrogen) atoms. The van der Waals surface area contributed by atoms with Crippen LogP contribution in [0, 0.1) is 11.6 Å². The molecule has 21 heteroatoms. The molecule has 4 N–H and O–H groups in total. The Morgan fingerprint density at radius 3 is 1.68 bits per heavy atom. The maximum absolute atomic E-state index is 13.1. The number of imidazole rings is 2. The van der Waals surface area contributed by atoms with Crippen molar-refractivity contribution < 1.29 is 23.5 Å². The molecule has 0 bridgehead atoms. The number of aryl methyl sites for hydroxylation is 2. The fourth-order valence-corrected chi connectivity index (χ4v) is 7.16. The summed E-state index contributed by atoms with van der Waals surface area (Å²) in [4.78, 5) is 53.5. The number of hydrogen-bond acceptors (Lipinski definition) is 13. The summed E-state index contributed by atoms with van der Waals surface area (Å²) in [7, 11) is 0. The summed E-state index contributed by atoms with van der Waals surface area (Å²) in [5.41, 5.74) is 11.0. The smallest absolute Gasteiger partial charge is 0.375 e. The van der Waals surface area contributed by atoms with Crippen LogP contribution < -0.4 is 20.9 Å². The Labute approximate surface area is 358 Å². The number of anilines is 2. The number of nitrogens with two attached hydrogens (primary N) is 1. The van der Waals surface area contributed by atoms with E-state index < -0.39 is 5.97 Å². The fraction of sp³-hybridized carbons (Fsp3) is 0.286. The van der Waals surface area contributed by atoms with Crippen LogP contribution in [0.15, 0.2) is 98.4 Å². The Hall–Kier alpha value is -7.68. The molecule has 2 aliphatic rings. The molecule has 6 aromatic heterocycles. The van der Waals surface area contributed by atoms with E-state index in [2.05, 4.69) is 59.1 Å². The van der Waals surface area contributed by atoms with Crippen molar-refractivity contribution in [3.8, 4) is 11.4 Å². The average molecular weight is 859 g/mol. The van der Waals surface area contributed by atoms with Gasteiger partial charge in [-0.2, -0.15) is 0 Å². The zero-order valence-corrected chi connectivity index (χ0v) is 34.4. The van der Waals surface area contributed by atoms with Gasteiger partial charge < -0.3 is 34.8 Å². The number of rotatable bonds is 9. The van der Waals surface area contributed by atoms with Crippen molar-refractivity contribution in [3.63, 3.8) is 0 Å². The fourth-order valence-electron chi connectivity index (χ4n) is 7.16. The molecule has 10 rings (SSSR count). The van der Waals surface area contributed by atoms with Crippen molar-refractivity contribution in [2.24, 2.45) is 5.73 Å². The lowest BCUT2D eigenvalue weighted by Gasteiger charge is -2.19. The molecule has 324 valence electrons. The number of carboxylic acid groups (broad SMARTS) is 1. The van der Waals surface area contributed by atoms with Crippen molar-refractivity contribution in [3.05, 3.63) is 133 Å². The van der Waals surface area contributed by atoms with Gasteiger partial charge in [-0.3, -0.25) is 4.79 Å². The quantitative estimate of drug-likeness (QED) is 0.187. The van der Waals surface area contributed by atoms with Crippen molar-refractivity contribution in [1.29, 1.82) is 0 Å². The number of nitrogens with zero attached hydrogens (tertiary/aromatic N) is 14. The molecule has 2 saturated heterocycles. The Morgan fingerprint density at radius 2 is 1.21 bits per heavy atom. The molecule has 2 fully saturated rings. The standard InChI is InChI=1S/C21H21FN8O.C12H17N5.C9H6FN3O2/c1-2-15-11-29-10-8-23-19(29)20(25-15)28-9-7-16(12-28)26-21(31)18-24-13-30(27-18)17-5-3-14(22)4-6-17;1-2-10-8-17-6-4-14-11(17)12(15-10)16-5-3-9(13)7-16;10-6-1-3-7(4-2-6)13-5-11-8(12-13)9(14)15/h3-6,8,10-11,13,16H,2,7,9,12H2,1H3,(H,26,31);4,6,8-9H,2-3,5,7,13H2,1H3;1-5H,(H,14,15)/t16-;9-;/m00./s1. The molecule has 8 aromatic rings. The van der Waals surface area contributed by atoms with Gasteiger partial charge in [0, 0.05) is 75.4 Å². The van der Waals surface area contributed by atoms with Crippen LogP contribution in [0.2, 0.25) is 0 Å². The number of nitrogens with one attached hydrogen (secondary N) is 1. The number of hydrogen-bond donors (Lipinski definition) is 3. The minimum absolute atomic E-state index is 0.0487. The van der Waals surface area contributed by atoms with Crippen LogP contribution in [-0.2, 0) is 12.8 Å². The van der Waals surface area contributed by atoms with Crippen molar-refractivity contribution in [2.45, 2.75) is 51.6 Å². The summed E-state index contributed by atoms with van der Waals surface area (Å²) in [6.07, 6.45) is 17.8. The predicted molar refractivity (Wildman–Crippen MR) is 227 cm³/mol. The second-order valence-corrected chi connectivity index (χ2v) is 14.8. The lowest BCUT2D eigenvalue weighted by molar-refractivity contribution is 0.0683. The van der Waals surface area contributed by atoms with E-state index in [9.17, 15) is 18.4 Å². The SMILES string of the molecule is CCc1cn2ccnc2c(N2CC[C@H](N)C2)n1.CCc1cn2ccnc2c(N2CC[C@H](NC(=O)c3ncn(-c4ccc(F)cc4)n3)C2)n1.O=C(O)c1ncn(-c2ccc(F)cc2)n1. The van der Waals surface area contributed by atoms with Crippen molar-refractivity contribution in [1.82, 2.24) is 63.6 Å². The Morgan fingerprint density at radius 1 is 0.714 bits per heavy atom. The third-order valence-corrected chi connectivity index (χ3v) is 10.4. The van der Waals surface area contributed by atoms with E-state index in [1.165, 1.54) is 58.4 Å². The van der Waals surface area contributed by atoms with Crippen LogP contribution in [0.5, 0.6) is 0 Å². The zero-order chi connectivity index (χ0) is 44.0. The van der Waals surface area contributed by atoms with E-state index in [4.69, 9.17) is 20.8 Å². The third kappa shape index (κ3) is 9.62. The van der Waals surface area contributed by atoms with E-state index in [1.807, 2.05) is 39.8 Å². The van der Waals surface area contributed by atoms with Gasteiger partial charge in [0.05, 0.1) is 22.8 Å². The van der Waals surface area contributed by atoms with Gasteiger partial charge >= 0.3 is 5.97 Å². The lowest BCUT2D eigenvalue weighted by atomic mass is 10.2. The number of benzene rings is 2. The van der Waals surface area contributed by atoms with E-state index >= 15 is 0 Å². The predicted octanol–water partition coefficient (Wildman–Crippen LogP) is 3.95. The molecular formula is C42H44F2N16O3. The molecule has 2 atom stereocenters. The van der Waals surface area contributed by atoms with Crippen LogP contribution in [0.1, 0.15) is 59.3 Å². The van der Waals surface area contributed by atoms with Gasteiger partial charge in [-0.25, -0.2) is 52.8 Å². The highest BCUT2D eigenvalue weighted by Gasteiger charge is 2.28. The topological polar surface area (TPSA) is 221 Å². The summed E-state index contributed by atoms with van der Waals surface area (Å²) >= 11 is 0. The molecule has 2 aromatic carbocycles. The third-order valence-electron chi connectivity index (χ3n) is 10.4. The van der Waals surface area contributed by atoms with Crippen LogP contribution in [-0.4, -0.2) is 114 Å². The first-order chi connectivity index (χ1) is 30.5. The molecule has 0 radical (unpaired) electrons. The largest absolute Gasteiger partial charge is 0.475 e. The first kappa shape index (κ1) is 42.0. The molecule has 0 saturated carbocycles. The van der Waals surface area contributed by atoms with Gasteiger partial charge in [0.2, 0.25) is 5.82 Å². The Balaban J connectivity index is 0.000000143. The minimum atomic E-state index is -1.20. The summed E-state index contributed by atoms with van der Waals surface area (Å²) in [5.74, 6) is -0.646. The Kier molecular flexibility index (Phi) is 12.4. The van der Waals surface area contributed by atoms with Gasteiger partial charge in [0.1, 0.15) is 24.3 Å². The highest BCUT2D eigenvalue weighted by atomic mass is 19.1. The lowest BCUT2D eigenvalue weighted by Crippen LogP contribution is -2.38.